The third-order valence-electron chi connectivity index (χ3n) is 2.21. The van der Waals surface area contributed by atoms with Gasteiger partial charge in [0.15, 0.2) is 0 Å². The highest BCUT2D eigenvalue weighted by molar-refractivity contribution is 8.00. The van der Waals surface area contributed by atoms with Crippen molar-refractivity contribution in [2.24, 2.45) is 5.92 Å². The molecule has 0 aliphatic carbocycles. The summed E-state index contributed by atoms with van der Waals surface area (Å²) in [5.74, 6) is 2.20. The summed E-state index contributed by atoms with van der Waals surface area (Å²) in [6, 6.07) is 0. The zero-order chi connectivity index (χ0) is 8.10. The molecule has 1 aliphatic rings. The van der Waals surface area contributed by atoms with E-state index in [1.54, 1.807) is 0 Å². The van der Waals surface area contributed by atoms with Gasteiger partial charge in [-0.3, -0.25) is 0 Å². The Labute approximate surface area is 73.8 Å². The Kier molecular flexibility index (Phi) is 3.78. The molecule has 2 unspecified atom stereocenters. The van der Waals surface area contributed by atoms with Gasteiger partial charge in [0.2, 0.25) is 0 Å². The number of allylic oxidation sites excluding steroid dienone is 2. The highest BCUT2D eigenvalue weighted by atomic mass is 32.2. The largest absolute Gasteiger partial charge is 0.158 e. The monoisotopic (exact) mass is 168 g/mol. The van der Waals surface area contributed by atoms with Crippen LogP contribution in [0.5, 0.6) is 0 Å². The van der Waals surface area contributed by atoms with E-state index in [0.29, 0.717) is 0 Å². The molecular weight excluding hydrogens is 152 g/mol. The summed E-state index contributed by atoms with van der Waals surface area (Å²) in [6.07, 6.45) is 7.82. The molecule has 1 rings (SSSR count). The fourth-order valence-electron chi connectivity index (χ4n) is 1.60. The van der Waals surface area contributed by atoms with Gasteiger partial charge in [-0.1, -0.05) is 12.2 Å². The van der Waals surface area contributed by atoms with E-state index in [4.69, 9.17) is 0 Å². The summed E-state index contributed by atoms with van der Waals surface area (Å²) in [4.78, 5) is 0. The molecule has 0 saturated carbocycles. The van der Waals surface area contributed by atoms with Crippen molar-refractivity contribution < 1.29 is 0 Å². The third-order valence-corrected chi connectivity index (χ3v) is 3.69. The molecule has 1 heteroatoms. The molecule has 1 aliphatic heterocycles. The average Bonchev–Trinajstić information content (AvgIpc) is 2.39. The summed E-state index contributed by atoms with van der Waals surface area (Å²) in [7, 11) is 0. The van der Waals surface area contributed by atoms with E-state index < -0.39 is 0 Å². The van der Waals surface area contributed by atoms with Crippen molar-refractivity contribution in [1.82, 2.24) is 0 Å². The van der Waals surface area contributed by atoms with Crippen molar-refractivity contribution >= 4 is 11.8 Å². The second kappa shape index (κ2) is 4.66. The topological polar surface area (TPSA) is 0 Å². The zero-order valence-electron chi connectivity index (χ0n) is 6.96. The SMILES string of the molecule is C=CCC1CCSC1CC=C. The lowest BCUT2D eigenvalue weighted by atomic mass is 9.97. The summed E-state index contributed by atoms with van der Waals surface area (Å²) in [5.41, 5.74) is 0. The predicted octanol–water partition coefficient (Wildman–Crippen LogP) is 3.26. The number of hydrogen-bond acceptors (Lipinski definition) is 1. The Bertz CT molecular complexity index is 124. The zero-order valence-corrected chi connectivity index (χ0v) is 7.78. The van der Waals surface area contributed by atoms with E-state index in [-0.39, 0.29) is 0 Å². The molecule has 0 aromatic heterocycles. The van der Waals surface area contributed by atoms with E-state index in [2.05, 4.69) is 24.9 Å². The lowest BCUT2D eigenvalue weighted by molar-refractivity contribution is 0.522. The van der Waals surface area contributed by atoms with Crippen LogP contribution in [0, 0.1) is 5.92 Å². The van der Waals surface area contributed by atoms with E-state index in [0.717, 1.165) is 11.2 Å². The smallest absolute Gasteiger partial charge is 0.0113 e. The third kappa shape index (κ3) is 2.41. The van der Waals surface area contributed by atoms with Gasteiger partial charge < -0.3 is 0 Å². The van der Waals surface area contributed by atoms with Crippen LogP contribution in [0.3, 0.4) is 0 Å². The summed E-state index contributed by atoms with van der Waals surface area (Å²) in [6.45, 7) is 7.56. The Morgan fingerprint density at radius 2 is 2.00 bits per heavy atom. The molecule has 1 heterocycles. The Morgan fingerprint density at radius 1 is 1.27 bits per heavy atom. The summed E-state index contributed by atoms with van der Waals surface area (Å²) in [5, 5.41) is 0.825. The average molecular weight is 168 g/mol. The van der Waals surface area contributed by atoms with Gasteiger partial charge in [-0.05, 0) is 30.9 Å². The molecule has 11 heavy (non-hydrogen) atoms. The molecule has 62 valence electrons. The maximum atomic E-state index is 3.78. The van der Waals surface area contributed by atoms with Gasteiger partial charge in [0.1, 0.15) is 0 Å². The van der Waals surface area contributed by atoms with Crippen molar-refractivity contribution in [2.75, 3.05) is 5.75 Å². The molecule has 0 N–H and O–H groups in total. The Balaban J connectivity index is 2.36. The predicted molar refractivity (Wildman–Crippen MR) is 54.0 cm³/mol. The normalized spacial score (nSPS) is 30.2. The van der Waals surface area contributed by atoms with Crippen molar-refractivity contribution in [2.45, 2.75) is 24.5 Å². The standard InChI is InChI=1S/C10H16S/c1-3-5-9-7-8-11-10(9)6-4-2/h3-4,9-10H,1-2,5-8H2. The Morgan fingerprint density at radius 3 is 2.64 bits per heavy atom. The van der Waals surface area contributed by atoms with Gasteiger partial charge in [-0.2, -0.15) is 11.8 Å². The Hall–Kier alpha value is -0.170. The molecule has 0 bridgehead atoms. The van der Waals surface area contributed by atoms with E-state index >= 15 is 0 Å². The summed E-state index contributed by atoms with van der Waals surface area (Å²) < 4.78 is 0. The van der Waals surface area contributed by atoms with Crippen LogP contribution in [0.25, 0.3) is 0 Å². The van der Waals surface area contributed by atoms with E-state index in [9.17, 15) is 0 Å². The van der Waals surface area contributed by atoms with Gasteiger partial charge >= 0.3 is 0 Å². The minimum atomic E-state index is 0.825. The molecule has 0 aromatic carbocycles. The molecule has 0 spiro atoms. The summed E-state index contributed by atoms with van der Waals surface area (Å²) >= 11 is 2.10. The number of hydrogen-bond donors (Lipinski definition) is 0. The van der Waals surface area contributed by atoms with Gasteiger partial charge in [0.05, 0.1) is 0 Å². The first kappa shape index (κ1) is 8.92. The molecule has 0 amide bonds. The highest BCUT2D eigenvalue weighted by Gasteiger charge is 2.25. The minimum Gasteiger partial charge on any atom is -0.158 e. The van der Waals surface area contributed by atoms with Crippen LogP contribution in [0.1, 0.15) is 19.3 Å². The van der Waals surface area contributed by atoms with Gasteiger partial charge in [0.25, 0.3) is 0 Å². The van der Waals surface area contributed by atoms with Crippen LogP contribution < -0.4 is 0 Å². The van der Waals surface area contributed by atoms with Crippen LogP contribution >= 0.6 is 11.8 Å². The molecule has 0 nitrogen and oxygen atoms in total. The van der Waals surface area contributed by atoms with Gasteiger partial charge in [-0.15, -0.1) is 13.2 Å². The second-order valence-corrected chi connectivity index (χ2v) is 4.35. The first-order chi connectivity index (χ1) is 5.38. The maximum absolute atomic E-state index is 3.78. The van der Waals surface area contributed by atoms with Crippen LogP contribution in [-0.2, 0) is 0 Å². The molecule has 0 radical (unpaired) electrons. The van der Waals surface area contributed by atoms with Crippen molar-refractivity contribution in [3.05, 3.63) is 25.3 Å². The minimum absolute atomic E-state index is 0.825. The van der Waals surface area contributed by atoms with Gasteiger partial charge in [-0.25, -0.2) is 0 Å². The van der Waals surface area contributed by atoms with Crippen LogP contribution in [-0.4, -0.2) is 11.0 Å². The molecular formula is C10H16S. The van der Waals surface area contributed by atoms with Gasteiger partial charge in [0, 0.05) is 5.25 Å². The molecule has 0 aromatic rings. The van der Waals surface area contributed by atoms with E-state index in [1.165, 1.54) is 25.0 Å². The van der Waals surface area contributed by atoms with Crippen LogP contribution in [0.15, 0.2) is 25.3 Å². The fourth-order valence-corrected chi connectivity index (χ4v) is 3.13. The number of thioether (sulfide) groups is 1. The fraction of sp³-hybridized carbons (Fsp3) is 0.600. The second-order valence-electron chi connectivity index (χ2n) is 3.01. The molecule has 2 atom stereocenters. The highest BCUT2D eigenvalue weighted by Crippen LogP contribution is 2.36. The lowest BCUT2D eigenvalue weighted by Crippen LogP contribution is -2.09. The molecule has 1 saturated heterocycles. The van der Waals surface area contributed by atoms with Crippen molar-refractivity contribution in [3.8, 4) is 0 Å². The van der Waals surface area contributed by atoms with Crippen LogP contribution in [0.4, 0.5) is 0 Å². The lowest BCUT2D eigenvalue weighted by Gasteiger charge is -2.14. The van der Waals surface area contributed by atoms with Crippen molar-refractivity contribution in [1.29, 1.82) is 0 Å². The molecule has 1 fully saturated rings. The quantitative estimate of drug-likeness (QED) is 0.581. The van der Waals surface area contributed by atoms with Crippen LogP contribution in [0.2, 0.25) is 0 Å². The first-order valence-corrected chi connectivity index (χ1v) is 5.26. The maximum Gasteiger partial charge on any atom is 0.0113 e. The van der Waals surface area contributed by atoms with Crippen molar-refractivity contribution in [3.63, 3.8) is 0 Å². The number of rotatable bonds is 4. The van der Waals surface area contributed by atoms with E-state index in [1.807, 2.05) is 12.2 Å². The first-order valence-electron chi connectivity index (χ1n) is 4.22.